The van der Waals surface area contributed by atoms with Crippen molar-refractivity contribution >= 4 is 11.6 Å². The number of piperazine rings is 1. The second-order valence-corrected chi connectivity index (χ2v) is 7.58. The van der Waals surface area contributed by atoms with Gasteiger partial charge >= 0.3 is 0 Å². The molecule has 0 aliphatic carbocycles. The summed E-state index contributed by atoms with van der Waals surface area (Å²) in [6, 6.07) is 9.32. The summed E-state index contributed by atoms with van der Waals surface area (Å²) in [5.74, 6) is 1.15. The van der Waals surface area contributed by atoms with Gasteiger partial charge in [0.15, 0.2) is 0 Å². The van der Waals surface area contributed by atoms with E-state index in [-0.39, 0.29) is 11.1 Å². The molecule has 2 fully saturated rings. The van der Waals surface area contributed by atoms with Gasteiger partial charge in [-0.3, -0.25) is 9.80 Å². The lowest BCUT2D eigenvalue weighted by molar-refractivity contribution is 0.0485. The minimum atomic E-state index is -0.428. The van der Waals surface area contributed by atoms with Gasteiger partial charge in [0, 0.05) is 37.3 Å². The van der Waals surface area contributed by atoms with Crippen LogP contribution in [0.2, 0.25) is 5.02 Å². The number of hydrogen-bond donors (Lipinski definition) is 1. The second-order valence-electron chi connectivity index (χ2n) is 7.17. The van der Waals surface area contributed by atoms with Crippen LogP contribution in [0.15, 0.2) is 34.7 Å². The van der Waals surface area contributed by atoms with E-state index in [2.05, 4.69) is 16.7 Å². The fraction of sp³-hybridized carbons (Fsp3) is 0.474. The Hall–Kier alpha value is -1.40. The van der Waals surface area contributed by atoms with Gasteiger partial charge in [0.2, 0.25) is 0 Å². The second kappa shape index (κ2) is 6.72. The molecular weight excluding hydrogens is 343 g/mol. The third kappa shape index (κ3) is 3.47. The minimum Gasteiger partial charge on any atom is -0.460 e. The highest BCUT2D eigenvalue weighted by molar-refractivity contribution is 6.31. The van der Waals surface area contributed by atoms with Crippen LogP contribution in [0, 0.1) is 5.82 Å². The summed E-state index contributed by atoms with van der Waals surface area (Å²) >= 11 is 5.86. The predicted octanol–water partition coefficient (Wildman–Crippen LogP) is 3.38. The van der Waals surface area contributed by atoms with E-state index < -0.39 is 5.82 Å². The molecule has 1 aromatic heterocycles. The van der Waals surface area contributed by atoms with Crippen LogP contribution in [0.25, 0.3) is 11.3 Å². The molecule has 1 N–H and O–H groups in total. The number of aliphatic hydroxyl groups excluding tert-OH is 1. The Kier molecular flexibility index (Phi) is 4.58. The van der Waals surface area contributed by atoms with E-state index in [9.17, 15) is 9.50 Å². The molecule has 134 valence electrons. The molecule has 4 nitrogen and oxygen atoms in total. The molecule has 0 unspecified atom stereocenters. The molecule has 0 radical (unpaired) electrons. The van der Waals surface area contributed by atoms with E-state index in [4.69, 9.17) is 16.0 Å². The largest absolute Gasteiger partial charge is 0.460 e. The first-order chi connectivity index (χ1) is 12.0. The number of aliphatic hydroxyl groups is 1. The maximum atomic E-state index is 13.3. The summed E-state index contributed by atoms with van der Waals surface area (Å²) < 4.78 is 19.3. The number of hydrogen-bond acceptors (Lipinski definition) is 4. The molecule has 0 bridgehead atoms. The van der Waals surface area contributed by atoms with Crippen molar-refractivity contribution < 1.29 is 13.9 Å². The highest BCUT2D eigenvalue weighted by atomic mass is 35.5. The molecule has 6 heteroatoms. The number of halogens is 2. The molecule has 2 aromatic rings. The van der Waals surface area contributed by atoms with Crippen LogP contribution in [0.5, 0.6) is 0 Å². The van der Waals surface area contributed by atoms with E-state index in [1.165, 1.54) is 6.07 Å². The first-order valence-corrected chi connectivity index (χ1v) is 9.07. The van der Waals surface area contributed by atoms with E-state index >= 15 is 0 Å². The summed E-state index contributed by atoms with van der Waals surface area (Å²) in [5, 5.41) is 9.97. The summed E-state index contributed by atoms with van der Waals surface area (Å²) in [6.45, 7) is 5.65. The molecule has 3 heterocycles. The van der Waals surface area contributed by atoms with Crippen molar-refractivity contribution in [3.8, 4) is 11.3 Å². The lowest BCUT2D eigenvalue weighted by Crippen LogP contribution is -2.54. The van der Waals surface area contributed by atoms with Gasteiger partial charge in [-0.05, 0) is 43.7 Å². The van der Waals surface area contributed by atoms with Gasteiger partial charge in [-0.15, -0.1) is 0 Å². The fourth-order valence-electron chi connectivity index (χ4n) is 3.96. The van der Waals surface area contributed by atoms with E-state index in [0.29, 0.717) is 17.8 Å². The number of benzene rings is 1. The molecule has 2 aliphatic rings. The summed E-state index contributed by atoms with van der Waals surface area (Å²) in [4.78, 5) is 4.79. The Morgan fingerprint density at radius 3 is 2.88 bits per heavy atom. The zero-order valence-corrected chi connectivity index (χ0v) is 14.9. The highest BCUT2D eigenvalue weighted by Gasteiger charge is 2.38. The summed E-state index contributed by atoms with van der Waals surface area (Å²) in [7, 11) is 0. The fourth-order valence-corrected chi connectivity index (χ4v) is 4.15. The molecule has 3 atom stereocenters. The Morgan fingerprint density at radius 1 is 1.24 bits per heavy atom. The van der Waals surface area contributed by atoms with E-state index in [1.54, 1.807) is 12.1 Å². The number of furan rings is 1. The topological polar surface area (TPSA) is 39.9 Å². The van der Waals surface area contributed by atoms with Gasteiger partial charge in [0.1, 0.15) is 17.3 Å². The van der Waals surface area contributed by atoms with Crippen LogP contribution in [-0.2, 0) is 6.54 Å². The Balaban J connectivity index is 1.46. The van der Waals surface area contributed by atoms with Crippen LogP contribution >= 0.6 is 11.6 Å². The van der Waals surface area contributed by atoms with Crippen molar-refractivity contribution in [2.75, 3.05) is 19.6 Å². The first kappa shape index (κ1) is 17.0. The summed E-state index contributed by atoms with van der Waals surface area (Å²) in [5.41, 5.74) is 0.773. The smallest absolute Gasteiger partial charge is 0.141 e. The monoisotopic (exact) mass is 364 g/mol. The lowest BCUT2D eigenvalue weighted by Gasteiger charge is -2.41. The van der Waals surface area contributed by atoms with Gasteiger partial charge in [0.05, 0.1) is 17.7 Å². The van der Waals surface area contributed by atoms with Gasteiger partial charge in [-0.1, -0.05) is 11.6 Å². The van der Waals surface area contributed by atoms with Gasteiger partial charge in [0.25, 0.3) is 0 Å². The Bertz CT molecular complexity index is 766. The molecule has 4 rings (SSSR count). The standard InChI is InChI=1S/C19H22ClFN2O2/c1-12-8-23-10-15(24)7-14(23)9-22(12)11-16-3-5-19(25-16)13-2-4-18(21)17(20)6-13/h2-6,12,14-15,24H,7-11H2,1H3/t12-,14-,15+/m0/s1. The molecule has 0 amide bonds. The van der Waals surface area contributed by atoms with Crippen LogP contribution < -0.4 is 0 Å². The SMILES string of the molecule is C[C@H]1CN2C[C@H](O)C[C@H]2CN1Cc1ccc(-c2ccc(F)c(Cl)c2)o1. The summed E-state index contributed by atoms with van der Waals surface area (Å²) in [6.07, 6.45) is 0.649. The maximum Gasteiger partial charge on any atom is 0.141 e. The first-order valence-electron chi connectivity index (χ1n) is 8.70. The molecule has 25 heavy (non-hydrogen) atoms. The minimum absolute atomic E-state index is 0.0972. The maximum absolute atomic E-state index is 13.3. The van der Waals surface area contributed by atoms with Crippen LogP contribution in [-0.4, -0.2) is 52.7 Å². The van der Waals surface area contributed by atoms with Gasteiger partial charge in [-0.25, -0.2) is 4.39 Å². The van der Waals surface area contributed by atoms with Crippen molar-refractivity contribution in [3.63, 3.8) is 0 Å². The molecule has 2 saturated heterocycles. The van der Waals surface area contributed by atoms with Crippen molar-refractivity contribution in [2.24, 2.45) is 0 Å². The average molecular weight is 365 g/mol. The number of nitrogens with zero attached hydrogens (tertiary/aromatic N) is 2. The third-order valence-corrected chi connectivity index (χ3v) is 5.59. The van der Waals surface area contributed by atoms with Crippen LogP contribution in [0.3, 0.4) is 0 Å². The quantitative estimate of drug-likeness (QED) is 0.906. The van der Waals surface area contributed by atoms with Crippen molar-refractivity contribution in [1.82, 2.24) is 9.80 Å². The predicted molar refractivity (Wildman–Crippen MR) is 95.0 cm³/mol. The molecule has 2 aliphatic heterocycles. The van der Waals surface area contributed by atoms with E-state index in [0.717, 1.165) is 43.9 Å². The molecule has 0 saturated carbocycles. The van der Waals surface area contributed by atoms with Crippen LogP contribution in [0.1, 0.15) is 19.1 Å². The number of rotatable bonds is 3. The Labute approximate surface area is 151 Å². The normalized spacial score (nSPS) is 27.6. The molecular formula is C19H22ClFN2O2. The third-order valence-electron chi connectivity index (χ3n) is 5.30. The van der Waals surface area contributed by atoms with Crippen molar-refractivity contribution in [1.29, 1.82) is 0 Å². The van der Waals surface area contributed by atoms with Gasteiger partial charge in [-0.2, -0.15) is 0 Å². The van der Waals surface area contributed by atoms with Crippen LogP contribution in [0.4, 0.5) is 4.39 Å². The van der Waals surface area contributed by atoms with Gasteiger partial charge < -0.3 is 9.52 Å². The zero-order valence-electron chi connectivity index (χ0n) is 14.2. The lowest BCUT2D eigenvalue weighted by atomic mass is 10.1. The molecule has 1 aromatic carbocycles. The average Bonchev–Trinajstić information content (AvgIpc) is 3.16. The van der Waals surface area contributed by atoms with Crippen molar-refractivity contribution in [3.05, 3.63) is 46.9 Å². The number of fused-ring (bicyclic) bond motifs is 1. The highest BCUT2D eigenvalue weighted by Crippen LogP contribution is 2.29. The molecule has 0 spiro atoms. The zero-order chi connectivity index (χ0) is 17.6. The van der Waals surface area contributed by atoms with E-state index in [1.807, 2.05) is 12.1 Å². The van der Waals surface area contributed by atoms with Crippen molar-refractivity contribution in [2.45, 2.75) is 38.1 Å². The Morgan fingerprint density at radius 2 is 2.08 bits per heavy atom.